The first-order chi connectivity index (χ1) is 17.1. The number of fused-ring (bicyclic) bond motifs is 1. The number of aromatic nitrogens is 2. The fourth-order valence-corrected chi connectivity index (χ4v) is 5.37. The third-order valence-electron chi connectivity index (χ3n) is 5.33. The topological polar surface area (TPSA) is 80.3 Å². The van der Waals surface area contributed by atoms with Crippen molar-refractivity contribution < 1.29 is 4.74 Å². The van der Waals surface area contributed by atoms with Gasteiger partial charge in [-0.15, -0.1) is 0 Å². The summed E-state index contributed by atoms with van der Waals surface area (Å²) in [5.74, 6) is 1.16. The van der Waals surface area contributed by atoms with Crippen molar-refractivity contribution in [2.75, 3.05) is 0 Å². The number of ether oxygens (including phenoxy) is 1. The summed E-state index contributed by atoms with van der Waals surface area (Å²) < 4.78 is 9.57. The second-order valence-corrected chi connectivity index (χ2v) is 11.7. The van der Waals surface area contributed by atoms with Crippen molar-refractivity contribution in [2.24, 2.45) is 5.10 Å². The smallest absolute Gasteiger partial charge is 0.282 e. The Kier molecular flexibility index (Phi) is 7.79. The van der Waals surface area contributed by atoms with Gasteiger partial charge in [0.25, 0.3) is 5.56 Å². The van der Waals surface area contributed by atoms with Crippen LogP contribution in [0, 0.1) is 11.3 Å². The summed E-state index contributed by atoms with van der Waals surface area (Å²) in [4.78, 5) is 18.1. The average Bonchev–Trinajstić information content (AvgIpc) is 2.82. The van der Waals surface area contributed by atoms with E-state index in [9.17, 15) is 10.1 Å². The minimum Gasteiger partial charge on any atom is -0.486 e. The molecular formula is C27H21Br3N4O2. The molecule has 0 fully saturated rings. The largest absolute Gasteiger partial charge is 0.486 e. The third-order valence-corrected chi connectivity index (χ3v) is 7.00. The molecule has 0 atom stereocenters. The zero-order valence-corrected chi connectivity index (χ0v) is 24.5. The molecule has 0 bridgehead atoms. The van der Waals surface area contributed by atoms with Gasteiger partial charge in [0, 0.05) is 15.5 Å². The van der Waals surface area contributed by atoms with E-state index in [0.717, 1.165) is 15.6 Å². The molecule has 1 aromatic heterocycles. The molecule has 6 nitrogen and oxygen atoms in total. The second kappa shape index (κ2) is 10.7. The highest BCUT2D eigenvalue weighted by Crippen LogP contribution is 2.35. The van der Waals surface area contributed by atoms with Crippen LogP contribution in [0.2, 0.25) is 0 Å². The lowest BCUT2D eigenvalue weighted by Crippen LogP contribution is -2.29. The molecule has 1 heterocycles. The summed E-state index contributed by atoms with van der Waals surface area (Å²) in [6.45, 7) is 6.23. The molecule has 4 rings (SSSR count). The molecule has 9 heteroatoms. The highest BCUT2D eigenvalue weighted by Gasteiger charge is 2.23. The molecule has 0 aliphatic carbocycles. The van der Waals surface area contributed by atoms with Crippen LogP contribution in [0.1, 0.15) is 43.3 Å². The SMILES string of the molecule is CC(C)(C)c1nc2ccc(Br)cc2c(=O)n1N=Cc1cc(Br)c(OCc2ccccc2C#N)c(Br)c1. The van der Waals surface area contributed by atoms with Gasteiger partial charge in [0.1, 0.15) is 18.2 Å². The Balaban J connectivity index is 1.69. The van der Waals surface area contributed by atoms with Gasteiger partial charge in [-0.1, -0.05) is 54.9 Å². The first kappa shape index (κ1) is 26.3. The molecular weight excluding hydrogens is 652 g/mol. The van der Waals surface area contributed by atoms with Crippen molar-refractivity contribution in [1.29, 1.82) is 5.26 Å². The van der Waals surface area contributed by atoms with Crippen LogP contribution in [0.3, 0.4) is 0 Å². The fourth-order valence-electron chi connectivity index (χ4n) is 3.56. The van der Waals surface area contributed by atoms with Crippen molar-refractivity contribution in [3.8, 4) is 11.8 Å². The Hall–Kier alpha value is -2.80. The first-order valence-electron chi connectivity index (χ1n) is 11.0. The van der Waals surface area contributed by atoms with E-state index >= 15 is 0 Å². The Morgan fingerprint density at radius 3 is 2.44 bits per heavy atom. The maximum absolute atomic E-state index is 13.4. The van der Waals surface area contributed by atoms with Crippen LogP contribution in [-0.4, -0.2) is 15.9 Å². The molecule has 0 saturated heterocycles. The summed E-state index contributed by atoms with van der Waals surface area (Å²) in [5.41, 5.74) is 2.11. The number of hydrogen-bond donors (Lipinski definition) is 0. The van der Waals surface area contributed by atoms with Crippen LogP contribution in [0.25, 0.3) is 10.9 Å². The lowest BCUT2D eigenvalue weighted by atomic mass is 9.95. The van der Waals surface area contributed by atoms with Crippen LogP contribution in [0.15, 0.2) is 77.9 Å². The van der Waals surface area contributed by atoms with Crippen molar-refractivity contribution in [1.82, 2.24) is 9.66 Å². The number of nitrogens with zero attached hydrogens (tertiary/aromatic N) is 4. The highest BCUT2D eigenvalue weighted by molar-refractivity contribution is 9.11. The van der Waals surface area contributed by atoms with Gasteiger partial charge in [-0.25, -0.2) is 4.98 Å². The molecule has 0 aliphatic rings. The molecule has 0 amide bonds. The number of nitriles is 1. The molecule has 36 heavy (non-hydrogen) atoms. The molecule has 0 aliphatic heterocycles. The van der Waals surface area contributed by atoms with Crippen molar-refractivity contribution in [3.63, 3.8) is 0 Å². The molecule has 182 valence electrons. The van der Waals surface area contributed by atoms with E-state index in [1.165, 1.54) is 4.68 Å². The molecule has 0 N–H and O–H groups in total. The predicted molar refractivity (Wildman–Crippen MR) is 153 cm³/mol. The lowest BCUT2D eigenvalue weighted by Gasteiger charge is -2.21. The van der Waals surface area contributed by atoms with Gasteiger partial charge in [0.2, 0.25) is 0 Å². The van der Waals surface area contributed by atoms with Gasteiger partial charge < -0.3 is 4.74 Å². The Bertz CT molecular complexity index is 1570. The van der Waals surface area contributed by atoms with Crippen molar-refractivity contribution >= 4 is 64.9 Å². The fraction of sp³-hybridized carbons (Fsp3) is 0.185. The van der Waals surface area contributed by atoms with Crippen LogP contribution in [0.5, 0.6) is 5.75 Å². The molecule has 0 spiro atoms. The van der Waals surface area contributed by atoms with Gasteiger partial charge in [0.05, 0.1) is 37.7 Å². The number of benzene rings is 3. The van der Waals surface area contributed by atoms with Gasteiger partial charge in [-0.05, 0) is 73.8 Å². The van der Waals surface area contributed by atoms with E-state index in [2.05, 4.69) is 59.0 Å². The molecule has 0 unspecified atom stereocenters. The van der Waals surface area contributed by atoms with Crippen LogP contribution >= 0.6 is 47.8 Å². The Labute approximate surface area is 234 Å². The number of rotatable bonds is 5. The standard InChI is InChI=1S/C27H21Br3N4O2/c1-27(2,3)26-33-23-9-8-19(28)12-20(23)25(35)34(26)32-14-16-10-21(29)24(22(30)11-16)36-15-18-7-5-4-6-17(18)13-31/h4-12,14H,15H2,1-3H3. The highest BCUT2D eigenvalue weighted by atomic mass is 79.9. The molecule has 4 aromatic rings. The van der Waals surface area contributed by atoms with Gasteiger partial charge >= 0.3 is 0 Å². The van der Waals surface area contributed by atoms with Crippen molar-refractivity contribution in [3.05, 3.63) is 101 Å². The van der Waals surface area contributed by atoms with Crippen molar-refractivity contribution in [2.45, 2.75) is 32.8 Å². The maximum Gasteiger partial charge on any atom is 0.282 e. The van der Waals surface area contributed by atoms with Crippen LogP contribution in [0.4, 0.5) is 0 Å². The van der Waals surface area contributed by atoms with Gasteiger partial charge in [0.15, 0.2) is 0 Å². The summed E-state index contributed by atoms with van der Waals surface area (Å²) in [7, 11) is 0. The van der Waals surface area contributed by atoms with E-state index in [1.54, 1.807) is 18.3 Å². The molecule has 0 saturated carbocycles. The van der Waals surface area contributed by atoms with E-state index in [-0.39, 0.29) is 12.2 Å². The quantitative estimate of drug-likeness (QED) is 0.208. The monoisotopic (exact) mass is 670 g/mol. The Morgan fingerprint density at radius 2 is 1.78 bits per heavy atom. The predicted octanol–water partition coefficient (Wildman–Crippen LogP) is 7.31. The summed E-state index contributed by atoms with van der Waals surface area (Å²) >= 11 is 10.6. The zero-order valence-electron chi connectivity index (χ0n) is 19.7. The van der Waals surface area contributed by atoms with Gasteiger partial charge in [-0.2, -0.15) is 15.0 Å². The minimum absolute atomic E-state index is 0.239. The summed E-state index contributed by atoms with van der Waals surface area (Å²) in [6, 6.07) is 18.7. The van der Waals surface area contributed by atoms with Crippen LogP contribution in [-0.2, 0) is 12.0 Å². The number of hydrogen-bond acceptors (Lipinski definition) is 5. The van der Waals surface area contributed by atoms with Crippen LogP contribution < -0.4 is 10.3 Å². The first-order valence-corrected chi connectivity index (χ1v) is 13.3. The average molecular weight is 673 g/mol. The summed E-state index contributed by atoms with van der Waals surface area (Å²) in [6.07, 6.45) is 1.62. The second-order valence-electron chi connectivity index (χ2n) is 9.08. The van der Waals surface area contributed by atoms with Gasteiger partial charge in [-0.3, -0.25) is 4.79 Å². The third kappa shape index (κ3) is 5.61. The lowest BCUT2D eigenvalue weighted by molar-refractivity contribution is 0.302. The molecule has 0 radical (unpaired) electrons. The minimum atomic E-state index is -0.406. The van der Waals surface area contributed by atoms with E-state index in [0.29, 0.717) is 37.0 Å². The van der Waals surface area contributed by atoms with E-state index < -0.39 is 5.41 Å². The van der Waals surface area contributed by atoms with E-state index in [1.807, 2.05) is 63.2 Å². The Morgan fingerprint density at radius 1 is 1.08 bits per heavy atom. The summed E-state index contributed by atoms with van der Waals surface area (Å²) in [5, 5.41) is 14.3. The van der Waals surface area contributed by atoms with E-state index in [4.69, 9.17) is 9.72 Å². The maximum atomic E-state index is 13.4. The zero-order chi connectivity index (χ0) is 26.0. The normalized spacial score (nSPS) is 11.7. The number of halogens is 3. The molecule has 3 aromatic carbocycles.